The normalized spacial score (nSPS) is 18.9. The molecule has 1 aliphatic heterocycles. The van der Waals surface area contributed by atoms with Gasteiger partial charge in [-0.05, 0) is 24.5 Å². The van der Waals surface area contributed by atoms with Crippen LogP contribution in [0.5, 0.6) is 5.88 Å². The van der Waals surface area contributed by atoms with E-state index in [1.807, 2.05) is 29.3 Å². The van der Waals surface area contributed by atoms with Gasteiger partial charge in [0.15, 0.2) is 5.82 Å². The van der Waals surface area contributed by atoms with Crippen molar-refractivity contribution in [1.29, 1.82) is 0 Å². The van der Waals surface area contributed by atoms with Gasteiger partial charge in [0.2, 0.25) is 11.8 Å². The maximum Gasteiger partial charge on any atom is 0.233 e. The molecule has 0 atom stereocenters. The Morgan fingerprint density at radius 1 is 1.07 bits per heavy atom. The Morgan fingerprint density at radius 2 is 1.89 bits per heavy atom. The predicted octanol–water partition coefficient (Wildman–Crippen LogP) is 3.39. The summed E-state index contributed by atoms with van der Waals surface area (Å²) >= 11 is 0. The number of piperidine rings is 1. The first-order chi connectivity index (χ1) is 13.8. The third-order valence-electron chi connectivity index (χ3n) is 5.94. The largest absolute Gasteiger partial charge is 0.473 e. The van der Waals surface area contributed by atoms with Crippen molar-refractivity contribution in [3.63, 3.8) is 0 Å². The van der Waals surface area contributed by atoms with E-state index in [-0.39, 0.29) is 6.10 Å². The summed E-state index contributed by atoms with van der Waals surface area (Å²) in [6.45, 7) is 1.54. The van der Waals surface area contributed by atoms with Crippen molar-refractivity contribution in [3.05, 3.63) is 30.6 Å². The summed E-state index contributed by atoms with van der Waals surface area (Å²) < 4.78 is 7.63. The number of nitrogens with zero attached hydrogens (tertiary/aromatic N) is 5. The summed E-state index contributed by atoms with van der Waals surface area (Å²) in [5.74, 6) is 2.27. The average molecular weight is 383 g/mol. The minimum Gasteiger partial charge on any atom is -0.473 e. The molecule has 0 radical (unpaired) electrons. The van der Waals surface area contributed by atoms with Crippen LogP contribution in [-0.4, -0.2) is 50.0 Å². The van der Waals surface area contributed by atoms with Gasteiger partial charge in [-0.15, -0.1) is 10.2 Å². The monoisotopic (exact) mass is 383 g/mol. The molecule has 0 bridgehead atoms. The number of carbonyl (C=O) groups is 1. The number of likely N-dealkylation sites (tertiary alicyclic amines) is 1. The highest BCUT2D eigenvalue weighted by molar-refractivity contribution is 5.76. The van der Waals surface area contributed by atoms with Gasteiger partial charge < -0.3 is 9.64 Å². The van der Waals surface area contributed by atoms with Crippen LogP contribution in [0.3, 0.4) is 0 Å². The molecule has 0 N–H and O–H groups in total. The highest BCUT2D eigenvalue weighted by Gasteiger charge is 2.25. The molecule has 2 aliphatic rings. The molecule has 7 heteroatoms. The van der Waals surface area contributed by atoms with E-state index in [0.717, 1.165) is 38.3 Å². The summed E-state index contributed by atoms with van der Waals surface area (Å²) in [7, 11) is 0. The van der Waals surface area contributed by atoms with Gasteiger partial charge in [0.1, 0.15) is 6.10 Å². The zero-order valence-electron chi connectivity index (χ0n) is 16.4. The molecule has 1 amide bonds. The lowest BCUT2D eigenvalue weighted by Gasteiger charge is -2.32. The first-order valence-electron chi connectivity index (χ1n) is 10.6. The minimum absolute atomic E-state index is 0.0900. The average Bonchev–Trinajstić information content (AvgIpc) is 3.29. The van der Waals surface area contributed by atoms with Crippen LogP contribution >= 0.6 is 0 Å². The summed E-state index contributed by atoms with van der Waals surface area (Å²) in [5, 5.41) is 12.4. The van der Waals surface area contributed by atoms with Gasteiger partial charge in [-0.2, -0.15) is 5.10 Å². The molecular weight excluding hydrogens is 354 g/mol. The van der Waals surface area contributed by atoms with Crippen LogP contribution in [-0.2, 0) is 4.79 Å². The fraction of sp³-hybridized carbons (Fsp3) is 0.619. The van der Waals surface area contributed by atoms with E-state index in [2.05, 4.69) is 15.3 Å². The van der Waals surface area contributed by atoms with Crippen molar-refractivity contribution in [2.24, 2.45) is 5.92 Å². The molecule has 1 saturated heterocycles. The van der Waals surface area contributed by atoms with E-state index in [0.29, 0.717) is 24.0 Å². The molecule has 7 nitrogen and oxygen atoms in total. The summed E-state index contributed by atoms with van der Waals surface area (Å²) in [4.78, 5) is 14.5. The summed E-state index contributed by atoms with van der Waals surface area (Å²) in [5.41, 5.74) is 0. The van der Waals surface area contributed by atoms with E-state index in [1.54, 1.807) is 10.9 Å². The molecule has 0 spiro atoms. The lowest BCUT2D eigenvalue weighted by atomic mass is 9.86. The second-order valence-electron chi connectivity index (χ2n) is 7.92. The van der Waals surface area contributed by atoms with Gasteiger partial charge in [0, 0.05) is 50.8 Å². The van der Waals surface area contributed by atoms with Crippen LogP contribution in [0, 0.1) is 5.92 Å². The third kappa shape index (κ3) is 4.88. The van der Waals surface area contributed by atoms with Gasteiger partial charge in [-0.1, -0.05) is 32.1 Å². The molecule has 28 heavy (non-hydrogen) atoms. The van der Waals surface area contributed by atoms with Crippen LogP contribution < -0.4 is 4.74 Å². The number of aromatic nitrogens is 4. The number of amides is 1. The Morgan fingerprint density at radius 3 is 2.57 bits per heavy atom. The number of hydrogen-bond acceptors (Lipinski definition) is 5. The molecule has 0 aromatic carbocycles. The highest BCUT2D eigenvalue weighted by atomic mass is 16.5. The lowest BCUT2D eigenvalue weighted by molar-refractivity contribution is -0.133. The standard InChI is InChI=1S/C21H29N5O2/c27-21(10-7-17-5-2-1-3-6-17)25-15-11-18(12-16-25)28-20-9-8-19(23-24-20)26-14-4-13-22-26/h4,8-9,13-14,17-18H,1-3,5-7,10-12,15-16H2. The Labute approximate surface area is 166 Å². The molecule has 2 aromatic heterocycles. The second-order valence-corrected chi connectivity index (χ2v) is 7.92. The molecule has 2 aromatic rings. The van der Waals surface area contributed by atoms with Crippen LogP contribution in [0.25, 0.3) is 5.82 Å². The molecule has 4 rings (SSSR count). The number of ether oxygens (including phenoxy) is 1. The van der Waals surface area contributed by atoms with Crippen molar-refractivity contribution in [2.75, 3.05) is 13.1 Å². The molecule has 0 unspecified atom stereocenters. The molecular formula is C21H29N5O2. The number of rotatable bonds is 6. The van der Waals surface area contributed by atoms with E-state index in [4.69, 9.17) is 4.74 Å². The van der Waals surface area contributed by atoms with Crippen LogP contribution in [0.1, 0.15) is 57.8 Å². The molecule has 2 fully saturated rings. The fourth-order valence-corrected chi connectivity index (χ4v) is 4.26. The topological polar surface area (TPSA) is 73.1 Å². The third-order valence-corrected chi connectivity index (χ3v) is 5.94. The second kappa shape index (κ2) is 9.17. The van der Waals surface area contributed by atoms with Crippen LogP contribution in [0.4, 0.5) is 0 Å². The van der Waals surface area contributed by atoms with Gasteiger partial charge >= 0.3 is 0 Å². The van der Waals surface area contributed by atoms with E-state index in [9.17, 15) is 4.79 Å². The number of carbonyl (C=O) groups excluding carboxylic acids is 1. The molecule has 3 heterocycles. The van der Waals surface area contributed by atoms with Gasteiger partial charge in [0.05, 0.1) is 0 Å². The molecule has 1 aliphatic carbocycles. The van der Waals surface area contributed by atoms with Crippen molar-refractivity contribution in [3.8, 4) is 11.7 Å². The van der Waals surface area contributed by atoms with Crippen molar-refractivity contribution < 1.29 is 9.53 Å². The first-order valence-corrected chi connectivity index (χ1v) is 10.6. The smallest absolute Gasteiger partial charge is 0.233 e. The zero-order chi connectivity index (χ0) is 19.2. The lowest BCUT2D eigenvalue weighted by Crippen LogP contribution is -2.42. The van der Waals surface area contributed by atoms with E-state index < -0.39 is 0 Å². The Balaban J connectivity index is 1.20. The first kappa shape index (κ1) is 18.9. The Bertz CT molecular complexity index is 733. The number of hydrogen-bond donors (Lipinski definition) is 0. The van der Waals surface area contributed by atoms with Crippen molar-refractivity contribution in [2.45, 2.75) is 63.9 Å². The highest BCUT2D eigenvalue weighted by Crippen LogP contribution is 2.28. The van der Waals surface area contributed by atoms with E-state index in [1.165, 1.54) is 32.1 Å². The van der Waals surface area contributed by atoms with E-state index >= 15 is 0 Å². The summed E-state index contributed by atoms with van der Waals surface area (Å²) in [6.07, 6.45) is 13.7. The van der Waals surface area contributed by atoms with Crippen LogP contribution in [0.2, 0.25) is 0 Å². The van der Waals surface area contributed by atoms with Crippen molar-refractivity contribution in [1.82, 2.24) is 24.9 Å². The van der Waals surface area contributed by atoms with Gasteiger partial charge in [-0.3, -0.25) is 4.79 Å². The Kier molecular flexibility index (Phi) is 6.19. The zero-order valence-corrected chi connectivity index (χ0v) is 16.4. The fourth-order valence-electron chi connectivity index (χ4n) is 4.26. The molecule has 150 valence electrons. The Hall–Kier alpha value is -2.44. The summed E-state index contributed by atoms with van der Waals surface area (Å²) in [6, 6.07) is 5.52. The molecule has 1 saturated carbocycles. The predicted molar refractivity (Wildman–Crippen MR) is 105 cm³/mol. The van der Waals surface area contributed by atoms with Gasteiger partial charge in [-0.25, -0.2) is 4.68 Å². The van der Waals surface area contributed by atoms with Crippen molar-refractivity contribution >= 4 is 5.91 Å². The quantitative estimate of drug-likeness (QED) is 0.764. The van der Waals surface area contributed by atoms with Gasteiger partial charge in [0.25, 0.3) is 0 Å². The maximum absolute atomic E-state index is 12.5. The minimum atomic E-state index is 0.0900. The van der Waals surface area contributed by atoms with Crippen LogP contribution in [0.15, 0.2) is 30.6 Å². The maximum atomic E-state index is 12.5. The SMILES string of the molecule is O=C(CCC1CCCCC1)N1CCC(Oc2ccc(-n3cccn3)nn2)CC1.